The van der Waals surface area contributed by atoms with Crippen LogP contribution >= 0.6 is 0 Å². The molecule has 1 fully saturated rings. The molecular formula is C18H18N4O2. The number of H-pyrrole nitrogens is 1. The van der Waals surface area contributed by atoms with Gasteiger partial charge in [-0.05, 0) is 31.1 Å². The maximum Gasteiger partial charge on any atom is 0.253 e. The topological polar surface area (TPSA) is 71.1 Å². The summed E-state index contributed by atoms with van der Waals surface area (Å²) in [7, 11) is 0. The number of amides is 1. The number of nitrogens with zero attached hydrogens (tertiary/aromatic N) is 3. The molecule has 0 spiro atoms. The van der Waals surface area contributed by atoms with Crippen LogP contribution < -0.4 is 4.74 Å². The van der Waals surface area contributed by atoms with Crippen molar-refractivity contribution in [3.05, 3.63) is 59.9 Å². The van der Waals surface area contributed by atoms with Crippen LogP contribution in [0.3, 0.4) is 0 Å². The fourth-order valence-corrected chi connectivity index (χ4v) is 3.19. The number of para-hydroxylation sites is 1. The number of aromatic amines is 1. The summed E-state index contributed by atoms with van der Waals surface area (Å²) in [6.07, 6.45) is 8.53. The molecule has 0 saturated carbocycles. The molecule has 1 amide bonds. The molecule has 0 bridgehead atoms. The summed E-state index contributed by atoms with van der Waals surface area (Å²) >= 11 is 0. The van der Waals surface area contributed by atoms with E-state index >= 15 is 0 Å². The molecular weight excluding hydrogens is 304 g/mol. The maximum absolute atomic E-state index is 12.8. The third kappa shape index (κ3) is 2.82. The largest absolute Gasteiger partial charge is 0.464 e. The smallest absolute Gasteiger partial charge is 0.253 e. The summed E-state index contributed by atoms with van der Waals surface area (Å²) in [5.74, 6) is 2.07. The number of fused-ring (bicyclic) bond motifs is 1. The van der Waals surface area contributed by atoms with E-state index < -0.39 is 0 Å². The molecule has 0 unspecified atom stereocenters. The van der Waals surface area contributed by atoms with E-state index in [2.05, 4.69) is 15.2 Å². The lowest BCUT2D eigenvalue weighted by Crippen LogP contribution is -2.38. The average molecular weight is 322 g/mol. The van der Waals surface area contributed by atoms with Crippen LogP contribution in [0.4, 0.5) is 0 Å². The van der Waals surface area contributed by atoms with Gasteiger partial charge in [0.05, 0.1) is 6.26 Å². The van der Waals surface area contributed by atoms with Crippen molar-refractivity contribution < 1.29 is 9.53 Å². The summed E-state index contributed by atoms with van der Waals surface area (Å²) in [6, 6.07) is 7.70. The summed E-state index contributed by atoms with van der Waals surface area (Å²) in [4.78, 5) is 19.0. The Balaban J connectivity index is 1.48. The van der Waals surface area contributed by atoms with Crippen molar-refractivity contribution >= 4 is 12.0 Å². The number of ether oxygens (including phenoxy) is 1. The summed E-state index contributed by atoms with van der Waals surface area (Å²) in [5.41, 5.74) is 1.57. The molecule has 6 nitrogen and oxygen atoms in total. The van der Waals surface area contributed by atoms with Crippen LogP contribution in [0, 0.1) is 0 Å². The molecule has 1 saturated heterocycles. The van der Waals surface area contributed by atoms with Gasteiger partial charge in [0.1, 0.15) is 17.9 Å². The SMILES string of the molecule is O=C(C1=Cc2ccccc2OC=C1)N1CCC(c2ncn[nH]2)CC1. The fourth-order valence-electron chi connectivity index (χ4n) is 3.19. The number of likely N-dealkylation sites (tertiary alicyclic amines) is 1. The molecule has 1 aromatic heterocycles. The zero-order valence-corrected chi connectivity index (χ0v) is 13.2. The van der Waals surface area contributed by atoms with Crippen LogP contribution in [0.1, 0.15) is 30.1 Å². The molecule has 0 aliphatic carbocycles. The second-order valence-electron chi connectivity index (χ2n) is 6.00. The van der Waals surface area contributed by atoms with E-state index in [0.717, 1.165) is 43.1 Å². The van der Waals surface area contributed by atoms with Crippen LogP contribution in [0.2, 0.25) is 0 Å². The van der Waals surface area contributed by atoms with Gasteiger partial charge in [-0.2, -0.15) is 5.10 Å². The Morgan fingerprint density at radius 3 is 2.88 bits per heavy atom. The Kier molecular flexibility index (Phi) is 3.86. The zero-order valence-electron chi connectivity index (χ0n) is 13.2. The Hall–Kier alpha value is -2.89. The Labute approximate surface area is 139 Å². The summed E-state index contributed by atoms with van der Waals surface area (Å²) < 4.78 is 5.56. The molecule has 3 heterocycles. The number of hydrogen-bond donors (Lipinski definition) is 1. The van der Waals surface area contributed by atoms with Crippen molar-refractivity contribution in [1.82, 2.24) is 20.1 Å². The number of piperidine rings is 1. The minimum atomic E-state index is 0.0440. The fraction of sp³-hybridized carbons (Fsp3) is 0.278. The van der Waals surface area contributed by atoms with Crippen LogP contribution in [-0.2, 0) is 4.79 Å². The number of aromatic nitrogens is 3. The molecule has 6 heteroatoms. The third-order valence-electron chi connectivity index (χ3n) is 4.52. The summed E-state index contributed by atoms with van der Waals surface area (Å²) in [6.45, 7) is 1.44. The highest BCUT2D eigenvalue weighted by Gasteiger charge is 2.26. The van der Waals surface area contributed by atoms with Crippen LogP contribution in [-0.4, -0.2) is 39.1 Å². The number of hydrogen-bond acceptors (Lipinski definition) is 4. The van der Waals surface area contributed by atoms with E-state index in [1.165, 1.54) is 6.33 Å². The molecule has 0 atom stereocenters. The Morgan fingerprint density at radius 2 is 2.08 bits per heavy atom. The molecule has 1 N–H and O–H groups in total. The highest BCUT2D eigenvalue weighted by Crippen LogP contribution is 2.28. The predicted molar refractivity (Wildman–Crippen MR) is 89.1 cm³/mol. The first-order valence-corrected chi connectivity index (χ1v) is 8.10. The third-order valence-corrected chi connectivity index (χ3v) is 4.52. The molecule has 1 aromatic carbocycles. The second-order valence-corrected chi connectivity index (χ2v) is 6.00. The molecule has 2 aliphatic heterocycles. The minimum Gasteiger partial charge on any atom is -0.464 e. The molecule has 4 rings (SSSR count). The van der Waals surface area contributed by atoms with Gasteiger partial charge >= 0.3 is 0 Å². The van der Waals surface area contributed by atoms with Crippen molar-refractivity contribution in [2.45, 2.75) is 18.8 Å². The lowest BCUT2D eigenvalue weighted by molar-refractivity contribution is -0.127. The van der Waals surface area contributed by atoms with Crippen molar-refractivity contribution in [2.24, 2.45) is 0 Å². The second kappa shape index (κ2) is 6.31. The van der Waals surface area contributed by atoms with Gasteiger partial charge in [0.2, 0.25) is 0 Å². The van der Waals surface area contributed by atoms with E-state index in [4.69, 9.17) is 4.74 Å². The lowest BCUT2D eigenvalue weighted by atomic mass is 9.95. The van der Waals surface area contributed by atoms with Crippen molar-refractivity contribution in [1.29, 1.82) is 0 Å². The first-order chi connectivity index (χ1) is 11.8. The maximum atomic E-state index is 12.8. The quantitative estimate of drug-likeness (QED) is 0.922. The van der Waals surface area contributed by atoms with E-state index in [1.807, 2.05) is 35.2 Å². The number of carbonyl (C=O) groups is 1. The number of carbonyl (C=O) groups excluding carboxylic acids is 1. The van der Waals surface area contributed by atoms with Gasteiger partial charge in [-0.15, -0.1) is 0 Å². The van der Waals surface area contributed by atoms with Crippen LogP contribution in [0.25, 0.3) is 6.08 Å². The zero-order chi connectivity index (χ0) is 16.4. The highest BCUT2D eigenvalue weighted by atomic mass is 16.5. The van der Waals surface area contributed by atoms with Gasteiger partial charge in [0.25, 0.3) is 5.91 Å². The lowest BCUT2D eigenvalue weighted by Gasteiger charge is -2.31. The van der Waals surface area contributed by atoms with Gasteiger partial charge < -0.3 is 9.64 Å². The van der Waals surface area contributed by atoms with Crippen LogP contribution in [0.5, 0.6) is 5.75 Å². The normalized spacial score (nSPS) is 17.7. The van der Waals surface area contributed by atoms with Crippen molar-refractivity contribution in [3.8, 4) is 5.75 Å². The standard InChI is InChI=1S/C18H18N4O2/c23-18(15-7-10-24-16-4-2-1-3-14(16)11-15)22-8-5-13(6-9-22)17-19-12-20-21-17/h1-4,7,10-13H,5-6,8-9H2,(H,19,20,21). The summed E-state index contributed by atoms with van der Waals surface area (Å²) in [5, 5.41) is 6.84. The van der Waals surface area contributed by atoms with Gasteiger partial charge in [0.15, 0.2) is 0 Å². The van der Waals surface area contributed by atoms with E-state index in [0.29, 0.717) is 11.5 Å². The van der Waals surface area contributed by atoms with E-state index in [-0.39, 0.29) is 5.91 Å². The molecule has 24 heavy (non-hydrogen) atoms. The monoisotopic (exact) mass is 322 g/mol. The Bertz CT molecular complexity index is 787. The van der Waals surface area contributed by atoms with E-state index in [9.17, 15) is 4.79 Å². The highest BCUT2D eigenvalue weighted by molar-refractivity contribution is 6.01. The van der Waals surface area contributed by atoms with Gasteiger partial charge in [-0.3, -0.25) is 9.89 Å². The van der Waals surface area contributed by atoms with Crippen molar-refractivity contribution in [2.75, 3.05) is 13.1 Å². The van der Waals surface area contributed by atoms with E-state index in [1.54, 1.807) is 12.3 Å². The molecule has 0 radical (unpaired) electrons. The van der Waals surface area contributed by atoms with Gasteiger partial charge in [-0.25, -0.2) is 4.98 Å². The molecule has 2 aromatic rings. The van der Waals surface area contributed by atoms with Crippen molar-refractivity contribution in [3.63, 3.8) is 0 Å². The molecule has 2 aliphatic rings. The predicted octanol–water partition coefficient (Wildman–Crippen LogP) is 2.50. The van der Waals surface area contributed by atoms with Gasteiger partial charge in [0, 0.05) is 30.1 Å². The minimum absolute atomic E-state index is 0.0440. The Morgan fingerprint density at radius 1 is 1.25 bits per heavy atom. The average Bonchev–Trinajstić information content (AvgIpc) is 3.08. The first kappa shape index (κ1) is 14.7. The van der Waals surface area contributed by atoms with Gasteiger partial charge in [-0.1, -0.05) is 18.2 Å². The number of benzene rings is 1. The molecule has 122 valence electrons. The first-order valence-electron chi connectivity index (χ1n) is 8.10. The number of rotatable bonds is 2. The number of nitrogens with one attached hydrogen (secondary N) is 1. The van der Waals surface area contributed by atoms with Crippen LogP contribution in [0.15, 0.2) is 48.5 Å².